The van der Waals surface area contributed by atoms with Crippen molar-refractivity contribution in [1.29, 1.82) is 0 Å². The molecule has 0 bridgehead atoms. The monoisotopic (exact) mass is 438 g/mol. The van der Waals surface area contributed by atoms with Gasteiger partial charge in [0.1, 0.15) is 18.2 Å². The number of amides is 1. The normalized spacial score (nSPS) is 14.5. The molecule has 1 fully saturated rings. The lowest BCUT2D eigenvalue weighted by Gasteiger charge is -2.34. The highest BCUT2D eigenvalue weighted by Gasteiger charge is 2.22. The highest BCUT2D eigenvalue weighted by Crippen LogP contribution is 2.18. The van der Waals surface area contributed by atoms with E-state index < -0.39 is 0 Å². The number of carbonyl (C=O) groups is 1. The van der Waals surface area contributed by atoms with E-state index in [-0.39, 0.29) is 11.7 Å². The van der Waals surface area contributed by atoms with Gasteiger partial charge in [-0.25, -0.2) is 4.39 Å². The molecule has 4 rings (SSSR count). The van der Waals surface area contributed by atoms with E-state index >= 15 is 0 Å². The van der Waals surface area contributed by atoms with E-state index in [1.165, 1.54) is 6.07 Å². The Hall–Kier alpha value is -2.89. The number of halogens is 2. The smallest absolute Gasteiger partial charge is 0.253 e. The third-order valence-corrected chi connectivity index (χ3v) is 5.68. The van der Waals surface area contributed by atoms with Crippen LogP contribution in [0.3, 0.4) is 0 Å². The Morgan fingerprint density at radius 3 is 2.26 bits per heavy atom. The maximum atomic E-state index is 13.9. The van der Waals surface area contributed by atoms with Gasteiger partial charge in [0, 0.05) is 48.9 Å². The topological polar surface area (TPSA) is 32.8 Å². The van der Waals surface area contributed by atoms with E-state index in [1.54, 1.807) is 18.2 Å². The fraction of sp³-hybridized carbons (Fsp3) is 0.240. The average molecular weight is 439 g/mol. The Morgan fingerprint density at radius 2 is 1.58 bits per heavy atom. The molecule has 4 nitrogen and oxygen atoms in total. The molecule has 0 spiro atoms. The lowest BCUT2D eigenvalue weighted by atomic mass is 10.1. The largest absolute Gasteiger partial charge is 0.489 e. The van der Waals surface area contributed by atoms with Gasteiger partial charge in [-0.05, 0) is 48.0 Å². The Kier molecular flexibility index (Phi) is 6.85. The number of carbonyl (C=O) groups excluding carboxylic acids is 1. The van der Waals surface area contributed by atoms with Crippen LogP contribution in [0.15, 0.2) is 72.8 Å². The summed E-state index contributed by atoms with van der Waals surface area (Å²) in [5.41, 5.74) is 2.35. The molecule has 1 heterocycles. The minimum atomic E-state index is -0.180. The van der Waals surface area contributed by atoms with Crippen LogP contribution < -0.4 is 4.74 Å². The summed E-state index contributed by atoms with van der Waals surface area (Å²) in [6.45, 7) is 3.71. The van der Waals surface area contributed by atoms with Crippen LogP contribution in [0.25, 0.3) is 0 Å². The zero-order valence-electron chi connectivity index (χ0n) is 17.1. The van der Waals surface area contributed by atoms with E-state index in [0.29, 0.717) is 42.4 Å². The van der Waals surface area contributed by atoms with E-state index in [2.05, 4.69) is 4.90 Å². The van der Waals surface area contributed by atoms with Gasteiger partial charge < -0.3 is 9.64 Å². The zero-order chi connectivity index (χ0) is 21.6. The maximum Gasteiger partial charge on any atom is 0.253 e. The second kappa shape index (κ2) is 9.94. The SMILES string of the molecule is O=C(c1ccc(COc2ccc(Cl)cc2)cc1)N1CCN(Cc2ccccc2F)CC1. The maximum absolute atomic E-state index is 13.9. The van der Waals surface area contributed by atoms with Crippen molar-refractivity contribution >= 4 is 17.5 Å². The number of piperazine rings is 1. The fourth-order valence-electron chi connectivity index (χ4n) is 3.60. The van der Waals surface area contributed by atoms with Gasteiger partial charge >= 0.3 is 0 Å². The summed E-state index contributed by atoms with van der Waals surface area (Å²) in [4.78, 5) is 16.9. The lowest BCUT2D eigenvalue weighted by Crippen LogP contribution is -2.48. The van der Waals surface area contributed by atoms with E-state index in [1.807, 2.05) is 53.4 Å². The van der Waals surface area contributed by atoms with Gasteiger partial charge in [-0.3, -0.25) is 9.69 Å². The summed E-state index contributed by atoms with van der Waals surface area (Å²) >= 11 is 5.88. The van der Waals surface area contributed by atoms with Crippen LogP contribution in [-0.4, -0.2) is 41.9 Å². The molecule has 0 aliphatic carbocycles. The first-order chi connectivity index (χ1) is 15.1. The third-order valence-electron chi connectivity index (χ3n) is 5.43. The van der Waals surface area contributed by atoms with Gasteiger partial charge in [0.05, 0.1) is 0 Å². The average Bonchev–Trinajstić information content (AvgIpc) is 2.81. The summed E-state index contributed by atoms with van der Waals surface area (Å²) in [6, 6.07) is 21.6. The predicted molar refractivity (Wildman–Crippen MR) is 120 cm³/mol. The molecule has 1 aliphatic heterocycles. The quantitative estimate of drug-likeness (QED) is 0.542. The summed E-state index contributed by atoms with van der Waals surface area (Å²) < 4.78 is 19.6. The third kappa shape index (κ3) is 5.63. The minimum Gasteiger partial charge on any atom is -0.489 e. The van der Waals surface area contributed by atoms with Crippen LogP contribution in [0, 0.1) is 5.82 Å². The van der Waals surface area contributed by atoms with E-state index in [4.69, 9.17) is 16.3 Å². The van der Waals surface area contributed by atoms with Crippen LogP contribution in [0.4, 0.5) is 4.39 Å². The number of benzene rings is 3. The second-order valence-electron chi connectivity index (χ2n) is 7.60. The van der Waals surface area contributed by atoms with Crippen molar-refractivity contribution < 1.29 is 13.9 Å². The number of hydrogen-bond acceptors (Lipinski definition) is 3. The molecule has 0 aromatic heterocycles. The number of hydrogen-bond donors (Lipinski definition) is 0. The summed E-state index contributed by atoms with van der Waals surface area (Å²) in [5, 5.41) is 0.670. The van der Waals surface area contributed by atoms with Crippen molar-refractivity contribution in [3.63, 3.8) is 0 Å². The first kappa shape index (κ1) is 21.3. The van der Waals surface area contributed by atoms with Crippen LogP contribution in [0.5, 0.6) is 5.75 Å². The zero-order valence-corrected chi connectivity index (χ0v) is 17.9. The van der Waals surface area contributed by atoms with Crippen molar-refractivity contribution in [2.45, 2.75) is 13.2 Å². The van der Waals surface area contributed by atoms with E-state index in [0.717, 1.165) is 24.4 Å². The van der Waals surface area contributed by atoms with Crippen molar-refractivity contribution in [3.05, 3.63) is 100 Å². The van der Waals surface area contributed by atoms with Gasteiger partial charge in [-0.15, -0.1) is 0 Å². The Morgan fingerprint density at radius 1 is 0.903 bits per heavy atom. The highest BCUT2D eigenvalue weighted by molar-refractivity contribution is 6.30. The predicted octanol–water partition coefficient (Wildman–Crippen LogP) is 5.02. The Bertz CT molecular complexity index is 1020. The Labute approximate surface area is 186 Å². The molecule has 0 unspecified atom stereocenters. The van der Waals surface area contributed by atoms with Gasteiger partial charge in [0.15, 0.2) is 0 Å². The standard InChI is InChI=1S/C25H24ClFN2O2/c26-22-9-11-23(12-10-22)31-18-19-5-7-20(8-6-19)25(30)29-15-13-28(14-16-29)17-21-3-1-2-4-24(21)27/h1-12H,13-18H2. The molecule has 0 N–H and O–H groups in total. The molecule has 0 radical (unpaired) electrons. The molecular weight excluding hydrogens is 415 g/mol. The highest BCUT2D eigenvalue weighted by atomic mass is 35.5. The minimum absolute atomic E-state index is 0.0238. The summed E-state index contributed by atoms with van der Waals surface area (Å²) in [6.07, 6.45) is 0. The van der Waals surface area contributed by atoms with Crippen LogP contribution >= 0.6 is 11.6 Å². The van der Waals surface area contributed by atoms with Crippen molar-refractivity contribution in [2.75, 3.05) is 26.2 Å². The molecule has 1 aliphatic rings. The summed E-state index contributed by atoms with van der Waals surface area (Å²) in [7, 11) is 0. The molecular formula is C25H24ClFN2O2. The van der Waals surface area contributed by atoms with Gasteiger partial charge in [0.25, 0.3) is 5.91 Å². The van der Waals surface area contributed by atoms with Crippen molar-refractivity contribution in [3.8, 4) is 5.75 Å². The van der Waals surface area contributed by atoms with Crippen LogP contribution in [0.2, 0.25) is 5.02 Å². The van der Waals surface area contributed by atoms with Crippen LogP contribution in [-0.2, 0) is 13.2 Å². The van der Waals surface area contributed by atoms with E-state index in [9.17, 15) is 9.18 Å². The molecule has 0 saturated carbocycles. The first-order valence-corrected chi connectivity index (χ1v) is 10.7. The lowest BCUT2D eigenvalue weighted by molar-refractivity contribution is 0.0627. The van der Waals surface area contributed by atoms with Gasteiger partial charge in [0.2, 0.25) is 0 Å². The molecule has 6 heteroatoms. The first-order valence-electron chi connectivity index (χ1n) is 10.3. The molecule has 160 valence electrons. The fourth-order valence-corrected chi connectivity index (χ4v) is 3.73. The number of nitrogens with zero attached hydrogens (tertiary/aromatic N) is 2. The van der Waals surface area contributed by atoms with Crippen LogP contribution in [0.1, 0.15) is 21.5 Å². The number of ether oxygens (including phenoxy) is 1. The molecule has 1 amide bonds. The summed E-state index contributed by atoms with van der Waals surface area (Å²) in [5.74, 6) is 0.592. The molecule has 1 saturated heterocycles. The second-order valence-corrected chi connectivity index (χ2v) is 8.04. The van der Waals surface area contributed by atoms with Gasteiger partial charge in [-0.1, -0.05) is 41.9 Å². The molecule has 3 aromatic carbocycles. The molecule has 31 heavy (non-hydrogen) atoms. The van der Waals surface area contributed by atoms with Crippen molar-refractivity contribution in [2.24, 2.45) is 0 Å². The molecule has 3 aromatic rings. The van der Waals surface area contributed by atoms with Gasteiger partial charge in [-0.2, -0.15) is 0 Å². The molecule has 0 atom stereocenters. The number of rotatable bonds is 6. The Balaban J connectivity index is 1.27. The van der Waals surface area contributed by atoms with Crippen molar-refractivity contribution in [1.82, 2.24) is 9.80 Å².